The highest BCUT2D eigenvalue weighted by Crippen LogP contribution is 2.36. The molecule has 2 atom stereocenters. The number of hydrogen-bond acceptors (Lipinski definition) is 3. The average molecular weight is 327 g/mol. The molecule has 1 saturated heterocycles. The van der Waals surface area contributed by atoms with Crippen LogP contribution in [0.3, 0.4) is 0 Å². The number of likely N-dealkylation sites (tertiary alicyclic amines) is 1. The maximum absolute atomic E-state index is 12.5. The number of carboxylic acid groups (broad SMARTS) is 1. The molecule has 0 aliphatic carbocycles. The maximum Gasteiger partial charge on any atom is 0.308 e. The van der Waals surface area contributed by atoms with Crippen molar-refractivity contribution in [1.82, 2.24) is 14.5 Å². The summed E-state index contributed by atoms with van der Waals surface area (Å²) >= 11 is 0. The lowest BCUT2D eigenvalue weighted by atomic mass is 9.84. The summed E-state index contributed by atoms with van der Waals surface area (Å²) in [5.41, 5.74) is 0.889. The third kappa shape index (κ3) is 3.48. The molecule has 1 fully saturated rings. The van der Waals surface area contributed by atoms with Crippen molar-refractivity contribution >= 4 is 11.9 Å². The van der Waals surface area contributed by atoms with E-state index in [1.807, 2.05) is 41.1 Å². The molecule has 1 aromatic carbocycles. The predicted octanol–water partition coefficient (Wildman–Crippen LogP) is 2.34. The molecule has 0 spiro atoms. The maximum atomic E-state index is 12.5. The third-order valence-electron chi connectivity index (χ3n) is 4.54. The zero-order valence-corrected chi connectivity index (χ0v) is 13.4. The van der Waals surface area contributed by atoms with Gasteiger partial charge in [-0.3, -0.25) is 9.59 Å². The zero-order valence-electron chi connectivity index (χ0n) is 13.4. The van der Waals surface area contributed by atoms with Crippen LogP contribution in [0.1, 0.15) is 30.9 Å². The molecule has 6 nitrogen and oxygen atoms in total. The second-order valence-corrected chi connectivity index (χ2v) is 6.08. The van der Waals surface area contributed by atoms with Gasteiger partial charge in [-0.05, 0) is 18.4 Å². The summed E-state index contributed by atoms with van der Waals surface area (Å²) in [6, 6.07) is 9.08. The van der Waals surface area contributed by atoms with E-state index in [4.69, 9.17) is 0 Å². The van der Waals surface area contributed by atoms with Crippen LogP contribution >= 0.6 is 0 Å². The summed E-state index contributed by atoms with van der Waals surface area (Å²) < 4.78 is 1.96. The number of nitrogens with zero attached hydrogens (tertiary/aromatic N) is 3. The van der Waals surface area contributed by atoms with E-state index in [1.165, 1.54) is 0 Å². The van der Waals surface area contributed by atoms with Crippen LogP contribution in [0.2, 0.25) is 0 Å². The molecule has 126 valence electrons. The second kappa shape index (κ2) is 7.29. The molecular weight excluding hydrogens is 306 g/mol. The molecule has 0 bridgehead atoms. The lowest BCUT2D eigenvalue weighted by Crippen LogP contribution is -2.45. The van der Waals surface area contributed by atoms with Gasteiger partial charge in [0.2, 0.25) is 5.91 Å². The highest BCUT2D eigenvalue weighted by molar-refractivity contribution is 5.81. The molecule has 0 saturated carbocycles. The summed E-state index contributed by atoms with van der Waals surface area (Å²) in [5, 5.41) is 9.60. The fourth-order valence-corrected chi connectivity index (χ4v) is 3.38. The van der Waals surface area contributed by atoms with Crippen LogP contribution in [0.4, 0.5) is 0 Å². The lowest BCUT2D eigenvalue weighted by Gasteiger charge is -2.40. The standard InChI is InChI=1S/C18H21N3O3/c22-16-8-7-15(18(23)24)17(14-5-2-1-3-6-14)21(16)11-4-10-20-12-9-19-13-20/h1-3,5-6,9,12-13,15,17H,4,7-8,10-11H2,(H,23,24)/t15-,17-/m0/s1. The number of amides is 1. The van der Waals surface area contributed by atoms with E-state index in [1.54, 1.807) is 17.4 Å². The fourth-order valence-electron chi connectivity index (χ4n) is 3.38. The molecular formula is C18H21N3O3. The normalized spacial score (nSPS) is 21.0. The molecule has 2 heterocycles. The zero-order chi connectivity index (χ0) is 16.9. The monoisotopic (exact) mass is 327 g/mol. The summed E-state index contributed by atoms with van der Waals surface area (Å²) in [6.07, 6.45) is 6.80. The highest BCUT2D eigenvalue weighted by Gasteiger charge is 2.40. The summed E-state index contributed by atoms with van der Waals surface area (Å²) in [7, 11) is 0. The summed E-state index contributed by atoms with van der Waals surface area (Å²) in [5.74, 6) is -1.36. The van der Waals surface area contributed by atoms with Gasteiger partial charge in [-0.2, -0.15) is 0 Å². The first-order valence-electron chi connectivity index (χ1n) is 8.20. The average Bonchev–Trinajstić information content (AvgIpc) is 3.10. The Hall–Kier alpha value is -2.63. The van der Waals surface area contributed by atoms with E-state index < -0.39 is 17.9 Å². The Morgan fingerprint density at radius 2 is 2.04 bits per heavy atom. The quantitative estimate of drug-likeness (QED) is 0.883. The topological polar surface area (TPSA) is 75.4 Å². The van der Waals surface area contributed by atoms with Gasteiger partial charge in [0, 0.05) is 31.9 Å². The second-order valence-electron chi connectivity index (χ2n) is 6.08. The van der Waals surface area contributed by atoms with Crippen LogP contribution < -0.4 is 0 Å². The Balaban J connectivity index is 1.78. The number of imidazole rings is 1. The van der Waals surface area contributed by atoms with E-state index in [9.17, 15) is 14.7 Å². The number of aryl methyl sites for hydroxylation is 1. The molecule has 1 amide bonds. The predicted molar refractivity (Wildman–Crippen MR) is 88.1 cm³/mol. The minimum absolute atomic E-state index is 0.0342. The first-order valence-corrected chi connectivity index (χ1v) is 8.20. The summed E-state index contributed by atoms with van der Waals surface area (Å²) in [6.45, 7) is 1.30. The largest absolute Gasteiger partial charge is 0.481 e. The van der Waals surface area contributed by atoms with Crippen LogP contribution in [0.15, 0.2) is 49.1 Å². The van der Waals surface area contributed by atoms with Crippen LogP contribution in [-0.4, -0.2) is 38.0 Å². The number of carboxylic acids is 1. The first kappa shape index (κ1) is 16.2. The van der Waals surface area contributed by atoms with E-state index in [2.05, 4.69) is 4.98 Å². The van der Waals surface area contributed by atoms with Gasteiger partial charge in [0.15, 0.2) is 0 Å². The number of piperidine rings is 1. The Bertz CT molecular complexity index is 685. The van der Waals surface area contributed by atoms with Crippen LogP contribution in [-0.2, 0) is 16.1 Å². The molecule has 1 aromatic heterocycles. The van der Waals surface area contributed by atoms with E-state index in [0.717, 1.165) is 18.5 Å². The Morgan fingerprint density at radius 3 is 2.71 bits per heavy atom. The van der Waals surface area contributed by atoms with Crippen molar-refractivity contribution in [2.45, 2.75) is 31.8 Å². The van der Waals surface area contributed by atoms with Gasteiger partial charge in [0.05, 0.1) is 18.3 Å². The molecule has 1 aliphatic rings. The summed E-state index contributed by atoms with van der Waals surface area (Å²) in [4.78, 5) is 29.9. The van der Waals surface area contributed by atoms with Crippen molar-refractivity contribution in [3.63, 3.8) is 0 Å². The van der Waals surface area contributed by atoms with Crippen molar-refractivity contribution in [3.05, 3.63) is 54.6 Å². The Kier molecular flexibility index (Phi) is 4.93. The molecule has 2 aromatic rings. The number of aliphatic carboxylic acids is 1. The van der Waals surface area contributed by atoms with Gasteiger partial charge in [-0.1, -0.05) is 30.3 Å². The third-order valence-corrected chi connectivity index (χ3v) is 4.54. The molecule has 1 aliphatic heterocycles. The van der Waals surface area contributed by atoms with Gasteiger partial charge >= 0.3 is 5.97 Å². The first-order chi connectivity index (χ1) is 11.7. The molecule has 1 N–H and O–H groups in total. The number of hydrogen-bond donors (Lipinski definition) is 1. The van der Waals surface area contributed by atoms with Crippen molar-refractivity contribution in [2.75, 3.05) is 6.54 Å². The molecule has 6 heteroatoms. The van der Waals surface area contributed by atoms with Crippen molar-refractivity contribution in [3.8, 4) is 0 Å². The SMILES string of the molecule is O=C(O)[C@H]1CCC(=O)N(CCCn2ccnc2)[C@H]1c1ccccc1. The molecule has 24 heavy (non-hydrogen) atoms. The Labute approximate surface area is 140 Å². The molecule has 3 rings (SSSR count). The number of rotatable bonds is 6. The van der Waals surface area contributed by atoms with Crippen molar-refractivity contribution < 1.29 is 14.7 Å². The van der Waals surface area contributed by atoms with Crippen molar-refractivity contribution in [2.24, 2.45) is 5.92 Å². The van der Waals surface area contributed by atoms with E-state index >= 15 is 0 Å². The minimum Gasteiger partial charge on any atom is -0.481 e. The van der Waals surface area contributed by atoms with Crippen LogP contribution in [0.25, 0.3) is 0 Å². The van der Waals surface area contributed by atoms with Gasteiger partial charge in [0.1, 0.15) is 0 Å². The van der Waals surface area contributed by atoms with Gasteiger partial charge in [-0.15, -0.1) is 0 Å². The number of aromatic nitrogens is 2. The van der Waals surface area contributed by atoms with Crippen LogP contribution in [0.5, 0.6) is 0 Å². The van der Waals surface area contributed by atoms with E-state index in [0.29, 0.717) is 19.4 Å². The van der Waals surface area contributed by atoms with Gasteiger partial charge in [-0.25, -0.2) is 4.98 Å². The van der Waals surface area contributed by atoms with Gasteiger partial charge in [0.25, 0.3) is 0 Å². The molecule has 0 radical (unpaired) electrons. The Morgan fingerprint density at radius 1 is 1.25 bits per heavy atom. The minimum atomic E-state index is -0.837. The van der Waals surface area contributed by atoms with Crippen molar-refractivity contribution in [1.29, 1.82) is 0 Å². The fraction of sp³-hybridized carbons (Fsp3) is 0.389. The van der Waals surface area contributed by atoms with Crippen LogP contribution in [0, 0.1) is 5.92 Å². The lowest BCUT2D eigenvalue weighted by molar-refractivity contribution is -0.152. The highest BCUT2D eigenvalue weighted by atomic mass is 16.4. The number of carbonyl (C=O) groups excluding carboxylic acids is 1. The number of carbonyl (C=O) groups is 2. The van der Waals surface area contributed by atoms with Gasteiger partial charge < -0.3 is 14.6 Å². The van der Waals surface area contributed by atoms with E-state index in [-0.39, 0.29) is 5.91 Å². The number of benzene rings is 1. The molecule has 0 unspecified atom stereocenters. The smallest absolute Gasteiger partial charge is 0.308 e.